The molecule has 2 aromatic carbocycles. The minimum atomic E-state index is -1.07. The van der Waals surface area contributed by atoms with Crippen LogP contribution in [0, 0.1) is 6.92 Å². The van der Waals surface area contributed by atoms with E-state index < -0.39 is 23.7 Å². The molecule has 39 heavy (non-hydrogen) atoms. The molecule has 1 saturated heterocycles. The van der Waals surface area contributed by atoms with Crippen molar-refractivity contribution in [1.82, 2.24) is 4.98 Å². The van der Waals surface area contributed by atoms with Crippen molar-refractivity contribution in [3.05, 3.63) is 88.5 Å². The highest BCUT2D eigenvalue weighted by Crippen LogP contribution is 2.46. The zero-order valence-electron chi connectivity index (χ0n) is 21.8. The molecule has 1 amide bonds. The average molecular weight is 549 g/mol. The van der Waals surface area contributed by atoms with Crippen LogP contribution in [-0.2, 0) is 14.3 Å². The van der Waals surface area contributed by atoms with Crippen molar-refractivity contribution in [3.8, 4) is 11.5 Å². The lowest BCUT2D eigenvalue weighted by Crippen LogP contribution is -2.29. The highest BCUT2D eigenvalue weighted by molar-refractivity contribution is 7.17. The van der Waals surface area contributed by atoms with E-state index in [0.717, 1.165) is 17.8 Å². The van der Waals surface area contributed by atoms with E-state index in [0.29, 0.717) is 34.9 Å². The van der Waals surface area contributed by atoms with Gasteiger partial charge < -0.3 is 19.3 Å². The minimum Gasteiger partial charge on any atom is -0.507 e. The number of benzene rings is 2. The number of para-hydroxylation sites is 1. The number of amides is 1. The van der Waals surface area contributed by atoms with E-state index in [9.17, 15) is 19.5 Å². The molecule has 3 aromatic rings. The molecule has 1 N–H and O–H groups in total. The van der Waals surface area contributed by atoms with E-state index in [4.69, 9.17) is 14.2 Å². The number of ether oxygens (including phenoxy) is 3. The lowest BCUT2D eigenvalue weighted by molar-refractivity contribution is -0.132. The van der Waals surface area contributed by atoms with Crippen molar-refractivity contribution in [1.29, 1.82) is 0 Å². The second-order valence-corrected chi connectivity index (χ2v) is 9.56. The first-order valence-corrected chi connectivity index (χ1v) is 13.1. The molecule has 1 aliphatic heterocycles. The Bertz CT molecular complexity index is 1440. The van der Waals surface area contributed by atoms with Crippen molar-refractivity contribution < 1.29 is 33.7 Å². The van der Waals surface area contributed by atoms with E-state index in [1.54, 1.807) is 55.5 Å². The number of hydrogen-bond acceptors (Lipinski definition) is 9. The summed E-state index contributed by atoms with van der Waals surface area (Å²) in [5.74, 6) is -1.74. The summed E-state index contributed by atoms with van der Waals surface area (Å²) < 4.78 is 16.3. The zero-order chi connectivity index (χ0) is 28.1. The van der Waals surface area contributed by atoms with Crippen LogP contribution in [0.3, 0.4) is 0 Å². The predicted octanol–water partition coefficient (Wildman–Crippen LogP) is 5.22. The number of carbonyl (C=O) groups is 3. The van der Waals surface area contributed by atoms with Crippen molar-refractivity contribution in [2.24, 2.45) is 0 Å². The van der Waals surface area contributed by atoms with Crippen LogP contribution < -0.4 is 14.4 Å². The third kappa shape index (κ3) is 5.42. The molecular weight excluding hydrogens is 520 g/mol. The third-order valence-electron chi connectivity index (χ3n) is 5.99. The standard InChI is InChI=1S/C29H28N2O7S/c1-5-15-37-19-13-11-18(12-14-19)24(32)22-23(20-9-7-8-10-21(20)36-4)31(27(34)25(22)33)29-30-17(3)26(39-29)28(35)38-16-6-2/h6-14,23,32H,2,5,15-16H2,1,3-4H3/b24-22+. The number of aliphatic hydroxyl groups excluding tert-OH is 1. The summed E-state index contributed by atoms with van der Waals surface area (Å²) in [5, 5.41) is 11.5. The quantitative estimate of drug-likeness (QED) is 0.121. The summed E-state index contributed by atoms with van der Waals surface area (Å²) in [7, 11) is 1.47. The number of anilines is 1. The van der Waals surface area contributed by atoms with Gasteiger partial charge in [0.25, 0.3) is 5.78 Å². The Morgan fingerprint density at radius 1 is 1.18 bits per heavy atom. The van der Waals surface area contributed by atoms with E-state index in [1.165, 1.54) is 18.1 Å². The van der Waals surface area contributed by atoms with Crippen molar-refractivity contribution >= 4 is 39.9 Å². The van der Waals surface area contributed by atoms with Crippen LogP contribution in [0.15, 0.2) is 66.8 Å². The van der Waals surface area contributed by atoms with Gasteiger partial charge in [-0.3, -0.25) is 14.5 Å². The number of thiazole rings is 1. The van der Waals surface area contributed by atoms with Gasteiger partial charge >= 0.3 is 11.9 Å². The monoisotopic (exact) mass is 548 g/mol. The molecule has 4 rings (SSSR count). The predicted molar refractivity (Wildman–Crippen MR) is 147 cm³/mol. The number of esters is 1. The number of hydrogen-bond donors (Lipinski definition) is 1. The number of Topliss-reactive ketones (excluding diaryl/α,β-unsaturated/α-hetero) is 1. The summed E-state index contributed by atoms with van der Waals surface area (Å²) in [6.07, 6.45) is 2.28. The van der Waals surface area contributed by atoms with Gasteiger partial charge in [-0.05, 0) is 43.7 Å². The fourth-order valence-corrected chi connectivity index (χ4v) is 5.16. The number of aryl methyl sites for hydroxylation is 1. The fraction of sp³-hybridized carbons (Fsp3) is 0.241. The van der Waals surface area contributed by atoms with Crippen molar-refractivity contribution in [2.75, 3.05) is 25.2 Å². The smallest absolute Gasteiger partial charge is 0.350 e. The molecule has 10 heteroatoms. The Kier molecular flexibility index (Phi) is 8.46. The molecule has 0 bridgehead atoms. The van der Waals surface area contributed by atoms with Gasteiger partial charge in [0.15, 0.2) is 5.13 Å². The van der Waals surface area contributed by atoms with Crippen LogP contribution in [0.2, 0.25) is 0 Å². The molecule has 0 spiro atoms. The summed E-state index contributed by atoms with van der Waals surface area (Å²) in [6, 6.07) is 12.4. The third-order valence-corrected chi connectivity index (χ3v) is 7.12. The summed E-state index contributed by atoms with van der Waals surface area (Å²) in [4.78, 5) is 45.3. The summed E-state index contributed by atoms with van der Waals surface area (Å²) in [5.41, 5.74) is 1.01. The molecule has 1 aromatic heterocycles. The molecule has 1 unspecified atom stereocenters. The van der Waals surface area contributed by atoms with E-state index in [-0.39, 0.29) is 27.9 Å². The number of methoxy groups -OCH3 is 1. The lowest BCUT2D eigenvalue weighted by atomic mass is 9.94. The van der Waals surface area contributed by atoms with Crippen LogP contribution in [-0.4, -0.2) is 48.1 Å². The number of rotatable bonds is 10. The highest BCUT2D eigenvalue weighted by Gasteiger charge is 2.49. The molecule has 0 saturated carbocycles. The molecular formula is C29H28N2O7S. The maximum atomic E-state index is 13.5. The van der Waals surface area contributed by atoms with Crippen molar-refractivity contribution in [3.63, 3.8) is 0 Å². The Morgan fingerprint density at radius 2 is 1.90 bits per heavy atom. The largest absolute Gasteiger partial charge is 0.507 e. The Morgan fingerprint density at radius 3 is 2.56 bits per heavy atom. The SMILES string of the molecule is C=CCOC(=O)c1sc(N2C(=O)C(=O)/C(=C(/O)c3ccc(OCCC)cc3)C2c2ccccc2OC)nc1C. The second kappa shape index (κ2) is 12.0. The molecule has 0 radical (unpaired) electrons. The first-order valence-electron chi connectivity index (χ1n) is 12.2. The number of aliphatic hydroxyl groups is 1. The minimum absolute atomic E-state index is 0.0134. The van der Waals surface area contributed by atoms with Gasteiger partial charge in [0.1, 0.15) is 34.8 Å². The molecule has 0 aliphatic carbocycles. The highest BCUT2D eigenvalue weighted by atomic mass is 32.1. The molecule has 9 nitrogen and oxygen atoms in total. The van der Waals surface area contributed by atoms with Crippen molar-refractivity contribution in [2.45, 2.75) is 26.3 Å². The van der Waals surface area contributed by atoms with Crippen LogP contribution in [0.4, 0.5) is 5.13 Å². The van der Waals surface area contributed by atoms with Gasteiger partial charge in [0.2, 0.25) is 0 Å². The van der Waals surface area contributed by atoms with E-state index >= 15 is 0 Å². The van der Waals surface area contributed by atoms with E-state index in [2.05, 4.69) is 11.6 Å². The van der Waals surface area contributed by atoms with Gasteiger partial charge in [-0.2, -0.15) is 0 Å². The molecule has 1 aliphatic rings. The van der Waals surface area contributed by atoms with Crippen LogP contribution in [0.25, 0.3) is 5.76 Å². The zero-order valence-corrected chi connectivity index (χ0v) is 22.6. The summed E-state index contributed by atoms with van der Waals surface area (Å²) in [6.45, 7) is 7.70. The normalized spacial score (nSPS) is 16.3. The maximum Gasteiger partial charge on any atom is 0.350 e. The molecule has 202 valence electrons. The molecule has 2 heterocycles. The van der Waals surface area contributed by atoms with Crippen LogP contribution >= 0.6 is 11.3 Å². The Balaban J connectivity index is 1.86. The van der Waals surface area contributed by atoms with Gasteiger partial charge in [-0.1, -0.05) is 49.1 Å². The maximum absolute atomic E-state index is 13.5. The number of ketones is 1. The Labute approximate surface area is 230 Å². The van der Waals surface area contributed by atoms with Gasteiger partial charge in [0.05, 0.1) is 25.0 Å². The average Bonchev–Trinajstić information content (AvgIpc) is 3.46. The molecule has 1 fully saturated rings. The van der Waals surface area contributed by atoms with Gasteiger partial charge in [-0.25, -0.2) is 9.78 Å². The molecule has 1 atom stereocenters. The lowest BCUT2D eigenvalue weighted by Gasteiger charge is -2.24. The topological polar surface area (TPSA) is 115 Å². The fourth-order valence-electron chi connectivity index (χ4n) is 4.18. The van der Waals surface area contributed by atoms with E-state index in [1.807, 2.05) is 6.92 Å². The Hall–Kier alpha value is -4.44. The first kappa shape index (κ1) is 27.6. The van der Waals surface area contributed by atoms with Crippen LogP contribution in [0.5, 0.6) is 11.5 Å². The second-order valence-electron chi connectivity index (χ2n) is 8.58. The first-order chi connectivity index (χ1) is 18.8. The summed E-state index contributed by atoms with van der Waals surface area (Å²) >= 11 is 0.923. The van der Waals surface area contributed by atoms with Gasteiger partial charge in [0, 0.05) is 11.1 Å². The van der Waals surface area contributed by atoms with Crippen LogP contribution in [0.1, 0.15) is 45.9 Å². The number of nitrogens with zero attached hydrogens (tertiary/aromatic N) is 2. The number of carbonyl (C=O) groups excluding carboxylic acids is 3. The van der Waals surface area contributed by atoms with Gasteiger partial charge in [-0.15, -0.1) is 0 Å². The number of aromatic nitrogens is 1.